The maximum absolute atomic E-state index is 14.5. The van der Waals surface area contributed by atoms with Crippen molar-refractivity contribution >= 4 is 11.5 Å². The molecule has 2 aliphatic heterocycles. The van der Waals surface area contributed by atoms with E-state index in [2.05, 4.69) is 20.9 Å². The number of benzene rings is 1. The number of rotatable bonds is 4. The Kier molecular flexibility index (Phi) is 4.88. The van der Waals surface area contributed by atoms with Crippen molar-refractivity contribution in [3.63, 3.8) is 0 Å². The quantitative estimate of drug-likeness (QED) is 0.623. The van der Waals surface area contributed by atoms with E-state index in [4.69, 9.17) is 14.5 Å². The Morgan fingerprint density at radius 1 is 1.00 bits per heavy atom. The van der Waals surface area contributed by atoms with E-state index in [1.807, 2.05) is 30.5 Å². The van der Waals surface area contributed by atoms with Crippen molar-refractivity contribution in [1.82, 2.24) is 9.97 Å². The molecule has 0 unspecified atom stereocenters. The lowest BCUT2D eigenvalue weighted by atomic mass is 9.95. The van der Waals surface area contributed by atoms with Crippen LogP contribution in [0.5, 0.6) is 5.75 Å². The second-order valence-corrected chi connectivity index (χ2v) is 7.22. The fourth-order valence-corrected chi connectivity index (χ4v) is 3.97. The molecule has 0 aliphatic carbocycles. The lowest BCUT2D eigenvalue weighted by Crippen LogP contribution is -2.36. The monoisotopic (exact) mass is 404 g/mol. The van der Waals surface area contributed by atoms with Crippen molar-refractivity contribution in [1.29, 1.82) is 0 Å². The van der Waals surface area contributed by atoms with Crippen LogP contribution in [0.15, 0.2) is 53.8 Å². The van der Waals surface area contributed by atoms with E-state index in [-0.39, 0.29) is 0 Å². The van der Waals surface area contributed by atoms with E-state index in [1.165, 1.54) is 13.3 Å². The molecule has 4 heterocycles. The Balaban J connectivity index is 1.53. The molecule has 0 amide bonds. The predicted molar refractivity (Wildman–Crippen MR) is 113 cm³/mol. The number of aliphatic imine (C=N–C) groups is 1. The predicted octanol–water partition coefficient (Wildman–Crippen LogP) is 3.48. The third-order valence-corrected chi connectivity index (χ3v) is 5.50. The Bertz CT molecular complexity index is 1130. The summed E-state index contributed by atoms with van der Waals surface area (Å²) < 4.78 is 25.3. The Labute approximate surface area is 174 Å². The van der Waals surface area contributed by atoms with Gasteiger partial charge in [-0.2, -0.15) is 4.39 Å². The number of morpholine rings is 1. The third kappa shape index (κ3) is 3.31. The van der Waals surface area contributed by atoms with Crippen LogP contribution in [0.2, 0.25) is 0 Å². The summed E-state index contributed by atoms with van der Waals surface area (Å²) in [7, 11) is 1.53. The van der Waals surface area contributed by atoms with Crippen molar-refractivity contribution in [2.45, 2.75) is 6.54 Å². The highest BCUT2D eigenvalue weighted by Gasteiger charge is 2.22. The van der Waals surface area contributed by atoms with E-state index in [0.717, 1.165) is 41.3 Å². The summed E-state index contributed by atoms with van der Waals surface area (Å²) in [6.45, 7) is 3.66. The molecule has 0 N–H and O–H groups in total. The minimum absolute atomic E-state index is 0.359. The first-order valence-electron chi connectivity index (χ1n) is 9.90. The molecule has 0 atom stereocenters. The van der Waals surface area contributed by atoms with Crippen LogP contribution in [-0.4, -0.2) is 49.1 Å². The van der Waals surface area contributed by atoms with Gasteiger partial charge in [0.15, 0.2) is 0 Å². The van der Waals surface area contributed by atoms with Gasteiger partial charge in [-0.25, -0.2) is 9.97 Å². The number of anilines is 1. The number of nitrogens with zero attached hydrogens (tertiary/aromatic N) is 4. The van der Waals surface area contributed by atoms with Crippen LogP contribution in [0.1, 0.15) is 16.7 Å². The number of pyridine rings is 2. The maximum Gasteiger partial charge on any atom is 0.224 e. The number of hydrogen-bond acceptors (Lipinski definition) is 6. The SMILES string of the molecule is COc1ccnc(F)c1-c1ccc2c(c1)C(c1ccnc(N3CCOCC3)c1)=NC2. The molecule has 1 fully saturated rings. The average Bonchev–Trinajstić information content (AvgIpc) is 3.23. The van der Waals surface area contributed by atoms with Crippen LogP contribution in [0, 0.1) is 5.95 Å². The van der Waals surface area contributed by atoms with E-state index in [1.54, 1.807) is 6.07 Å². The van der Waals surface area contributed by atoms with Crippen molar-refractivity contribution < 1.29 is 13.9 Å². The molecular formula is C23H21FN4O2. The Morgan fingerprint density at radius 3 is 2.67 bits per heavy atom. The molecule has 0 spiro atoms. The van der Waals surface area contributed by atoms with Gasteiger partial charge in [0, 0.05) is 36.6 Å². The zero-order valence-corrected chi connectivity index (χ0v) is 16.6. The lowest BCUT2D eigenvalue weighted by Gasteiger charge is -2.28. The van der Waals surface area contributed by atoms with Gasteiger partial charge in [0.1, 0.15) is 11.6 Å². The molecule has 3 aromatic rings. The topological polar surface area (TPSA) is 59.8 Å². The molecule has 0 bridgehead atoms. The first-order valence-corrected chi connectivity index (χ1v) is 9.90. The van der Waals surface area contributed by atoms with E-state index in [9.17, 15) is 4.39 Å². The second kappa shape index (κ2) is 7.84. The van der Waals surface area contributed by atoms with Crippen LogP contribution in [0.3, 0.4) is 0 Å². The van der Waals surface area contributed by atoms with Gasteiger partial charge in [-0.15, -0.1) is 0 Å². The number of hydrogen-bond donors (Lipinski definition) is 0. The first-order chi connectivity index (χ1) is 14.7. The van der Waals surface area contributed by atoms with Crippen LogP contribution in [-0.2, 0) is 11.3 Å². The van der Waals surface area contributed by atoms with Crippen molar-refractivity contribution in [3.8, 4) is 16.9 Å². The van der Waals surface area contributed by atoms with Crippen molar-refractivity contribution in [3.05, 3.63) is 71.4 Å². The first kappa shape index (κ1) is 18.7. The minimum atomic E-state index is -0.552. The highest BCUT2D eigenvalue weighted by Crippen LogP contribution is 2.35. The fraction of sp³-hybridized carbons (Fsp3) is 0.261. The van der Waals surface area contributed by atoms with Crippen molar-refractivity contribution in [2.75, 3.05) is 38.3 Å². The van der Waals surface area contributed by atoms with Gasteiger partial charge in [0.05, 0.1) is 38.1 Å². The highest BCUT2D eigenvalue weighted by molar-refractivity contribution is 6.15. The molecule has 2 aromatic heterocycles. The van der Waals surface area contributed by atoms with E-state index in [0.29, 0.717) is 36.6 Å². The van der Waals surface area contributed by atoms with Gasteiger partial charge in [-0.3, -0.25) is 4.99 Å². The number of methoxy groups -OCH3 is 1. The van der Waals surface area contributed by atoms with Crippen LogP contribution >= 0.6 is 0 Å². The summed E-state index contributed by atoms with van der Waals surface area (Å²) in [5, 5.41) is 0. The molecule has 5 rings (SSSR count). The molecule has 2 aliphatic rings. The van der Waals surface area contributed by atoms with E-state index < -0.39 is 5.95 Å². The van der Waals surface area contributed by atoms with Crippen molar-refractivity contribution in [2.24, 2.45) is 4.99 Å². The molecule has 6 nitrogen and oxygen atoms in total. The molecule has 7 heteroatoms. The summed E-state index contributed by atoms with van der Waals surface area (Å²) in [6, 6.07) is 11.6. The number of aromatic nitrogens is 2. The second-order valence-electron chi connectivity index (χ2n) is 7.22. The molecule has 1 aromatic carbocycles. The lowest BCUT2D eigenvalue weighted by molar-refractivity contribution is 0.122. The van der Waals surface area contributed by atoms with Gasteiger partial charge in [-0.05, 0) is 35.4 Å². The van der Waals surface area contributed by atoms with E-state index >= 15 is 0 Å². The molecule has 152 valence electrons. The molecule has 1 saturated heterocycles. The molecule has 0 radical (unpaired) electrons. The van der Waals surface area contributed by atoms with Gasteiger partial charge in [0.25, 0.3) is 0 Å². The van der Waals surface area contributed by atoms with Crippen LogP contribution in [0.25, 0.3) is 11.1 Å². The summed E-state index contributed by atoms with van der Waals surface area (Å²) >= 11 is 0. The standard InChI is InChI=1S/C23H21FN4O2/c1-29-19-5-7-26-23(24)21(19)15-2-3-17-14-27-22(18(17)12-15)16-4-6-25-20(13-16)28-8-10-30-11-9-28/h2-7,12-13H,8-11,14H2,1H3. The summed E-state index contributed by atoms with van der Waals surface area (Å²) in [5.41, 5.74) is 5.08. The van der Waals surface area contributed by atoms with Gasteiger partial charge in [0.2, 0.25) is 5.95 Å². The zero-order valence-electron chi connectivity index (χ0n) is 16.6. The summed E-state index contributed by atoms with van der Waals surface area (Å²) in [5.74, 6) is 0.824. The van der Waals surface area contributed by atoms with Gasteiger partial charge in [-0.1, -0.05) is 12.1 Å². The smallest absolute Gasteiger partial charge is 0.224 e. The number of ether oxygens (including phenoxy) is 2. The summed E-state index contributed by atoms with van der Waals surface area (Å²) in [6.07, 6.45) is 3.22. The fourth-order valence-electron chi connectivity index (χ4n) is 3.97. The molecular weight excluding hydrogens is 383 g/mol. The highest BCUT2D eigenvalue weighted by atomic mass is 19.1. The normalized spacial score (nSPS) is 15.7. The zero-order chi connectivity index (χ0) is 20.5. The average molecular weight is 404 g/mol. The minimum Gasteiger partial charge on any atom is -0.496 e. The number of halogens is 1. The largest absolute Gasteiger partial charge is 0.496 e. The molecule has 30 heavy (non-hydrogen) atoms. The maximum atomic E-state index is 14.5. The summed E-state index contributed by atoms with van der Waals surface area (Å²) in [4.78, 5) is 15.3. The Hall–Kier alpha value is -3.32. The van der Waals surface area contributed by atoms with Gasteiger partial charge >= 0.3 is 0 Å². The van der Waals surface area contributed by atoms with Crippen LogP contribution < -0.4 is 9.64 Å². The number of fused-ring (bicyclic) bond motifs is 1. The third-order valence-electron chi connectivity index (χ3n) is 5.50. The Morgan fingerprint density at radius 2 is 1.83 bits per heavy atom. The molecule has 0 saturated carbocycles. The van der Waals surface area contributed by atoms with Gasteiger partial charge < -0.3 is 14.4 Å². The van der Waals surface area contributed by atoms with Crippen LogP contribution in [0.4, 0.5) is 10.2 Å².